The van der Waals surface area contributed by atoms with Crippen LogP contribution in [-0.4, -0.2) is 40.5 Å². The van der Waals surface area contributed by atoms with Crippen molar-refractivity contribution in [1.82, 2.24) is 9.97 Å². The van der Waals surface area contributed by atoms with Gasteiger partial charge in [-0.3, -0.25) is 4.79 Å². The summed E-state index contributed by atoms with van der Waals surface area (Å²) in [6, 6.07) is 30.3. The number of aromatic carboxylic acids is 1. The summed E-state index contributed by atoms with van der Waals surface area (Å²) >= 11 is 6.14. The average molecular weight is 677 g/mol. The number of aromatic nitrogens is 2. The smallest absolute Gasteiger partial charge is 0.335 e. The number of amides is 1. The standard InChI is InChI=1S/C40H41ClN4O4/c1-40(2,3)31-17-13-28(14-18-31)15-19-34-33(25-42-39(44-34)45(4)22-21-27-9-6-5-7-10-27)37(46)43-35-24-30(38(47)48)16-20-36(35)49-26-29-11-8-12-32(41)23-29/h5-14,16-18,20,23-25H,15,19,21-22,26H2,1-4H3,(H,43,46)(H,47,48). The van der Waals surface area contributed by atoms with Crippen LogP contribution in [-0.2, 0) is 31.3 Å². The predicted molar refractivity (Wildman–Crippen MR) is 195 cm³/mol. The number of halogens is 1. The highest BCUT2D eigenvalue weighted by molar-refractivity contribution is 6.30. The monoisotopic (exact) mass is 676 g/mol. The molecule has 0 radical (unpaired) electrons. The Morgan fingerprint density at radius 3 is 2.27 bits per heavy atom. The molecule has 0 saturated carbocycles. The van der Waals surface area contributed by atoms with Gasteiger partial charge in [0.1, 0.15) is 12.4 Å². The molecule has 5 aromatic rings. The van der Waals surface area contributed by atoms with Gasteiger partial charge in [-0.15, -0.1) is 0 Å². The van der Waals surface area contributed by atoms with Crippen molar-refractivity contribution >= 4 is 35.1 Å². The van der Waals surface area contributed by atoms with E-state index in [1.54, 1.807) is 18.3 Å². The first-order valence-corrected chi connectivity index (χ1v) is 16.6. The molecular weight excluding hydrogens is 636 g/mol. The second-order valence-corrected chi connectivity index (χ2v) is 13.5. The number of rotatable bonds is 13. The summed E-state index contributed by atoms with van der Waals surface area (Å²) in [5.41, 5.74) is 5.57. The van der Waals surface area contributed by atoms with Crippen LogP contribution in [0.4, 0.5) is 11.6 Å². The number of benzene rings is 4. The fourth-order valence-corrected chi connectivity index (χ4v) is 5.52. The fourth-order valence-electron chi connectivity index (χ4n) is 5.31. The fraction of sp³-hybridized carbons (Fsp3) is 0.250. The van der Waals surface area contributed by atoms with E-state index in [1.807, 2.05) is 42.3 Å². The van der Waals surface area contributed by atoms with Gasteiger partial charge in [-0.1, -0.05) is 99.1 Å². The van der Waals surface area contributed by atoms with Gasteiger partial charge in [0.15, 0.2) is 0 Å². The number of carbonyl (C=O) groups excluding carboxylic acids is 1. The molecule has 0 spiro atoms. The van der Waals surface area contributed by atoms with Crippen LogP contribution in [0.5, 0.6) is 5.75 Å². The van der Waals surface area contributed by atoms with Crippen LogP contribution in [0.1, 0.15) is 69.4 Å². The number of nitrogens with zero attached hydrogens (tertiary/aromatic N) is 3. The van der Waals surface area contributed by atoms with Crippen LogP contribution >= 0.6 is 11.6 Å². The van der Waals surface area contributed by atoms with E-state index >= 15 is 0 Å². The van der Waals surface area contributed by atoms with Gasteiger partial charge in [0, 0.05) is 24.8 Å². The van der Waals surface area contributed by atoms with Crippen molar-refractivity contribution in [3.8, 4) is 5.75 Å². The van der Waals surface area contributed by atoms with Gasteiger partial charge in [-0.05, 0) is 77.3 Å². The Morgan fingerprint density at radius 1 is 0.857 bits per heavy atom. The molecule has 0 atom stereocenters. The Labute approximate surface area is 292 Å². The third-order valence-electron chi connectivity index (χ3n) is 8.25. The molecular formula is C40H41ClN4O4. The number of hydrogen-bond donors (Lipinski definition) is 2. The van der Waals surface area contributed by atoms with E-state index in [0.717, 1.165) is 17.5 Å². The van der Waals surface area contributed by atoms with Crippen molar-refractivity contribution < 1.29 is 19.4 Å². The largest absolute Gasteiger partial charge is 0.487 e. The van der Waals surface area contributed by atoms with Crippen molar-refractivity contribution in [1.29, 1.82) is 0 Å². The number of nitrogens with one attached hydrogen (secondary N) is 1. The number of carbonyl (C=O) groups is 2. The second kappa shape index (κ2) is 15.8. The van der Waals surface area contributed by atoms with Crippen LogP contribution in [0, 0.1) is 0 Å². The van der Waals surface area contributed by atoms with Gasteiger partial charge in [-0.25, -0.2) is 14.8 Å². The molecule has 1 heterocycles. The van der Waals surface area contributed by atoms with E-state index in [-0.39, 0.29) is 23.3 Å². The van der Waals surface area contributed by atoms with E-state index in [2.05, 4.69) is 67.5 Å². The molecule has 2 N–H and O–H groups in total. The Balaban J connectivity index is 1.41. The highest BCUT2D eigenvalue weighted by atomic mass is 35.5. The van der Waals surface area contributed by atoms with E-state index in [9.17, 15) is 14.7 Å². The SMILES string of the molecule is CN(CCc1ccccc1)c1ncc(C(=O)Nc2cc(C(=O)O)ccc2OCc2cccc(Cl)c2)c(CCc2ccc(C(C)(C)C)cc2)n1. The molecule has 0 aliphatic rings. The Morgan fingerprint density at radius 2 is 1.57 bits per heavy atom. The Bertz CT molecular complexity index is 1910. The molecule has 5 rings (SSSR count). The highest BCUT2D eigenvalue weighted by Crippen LogP contribution is 2.29. The molecule has 4 aromatic carbocycles. The summed E-state index contributed by atoms with van der Waals surface area (Å²) in [5, 5.41) is 13.1. The van der Waals surface area contributed by atoms with Gasteiger partial charge < -0.3 is 20.1 Å². The molecule has 252 valence electrons. The summed E-state index contributed by atoms with van der Waals surface area (Å²) in [7, 11) is 1.94. The third kappa shape index (κ3) is 9.67. The maximum atomic E-state index is 13.9. The van der Waals surface area contributed by atoms with Gasteiger partial charge in [0.25, 0.3) is 5.91 Å². The number of likely N-dealkylation sites (N-methyl/N-ethyl adjacent to an activating group) is 1. The average Bonchev–Trinajstić information content (AvgIpc) is 3.09. The minimum atomic E-state index is -1.12. The first-order chi connectivity index (χ1) is 23.5. The number of anilines is 2. The van der Waals surface area contributed by atoms with Crippen LogP contribution in [0.15, 0.2) is 103 Å². The summed E-state index contributed by atoms with van der Waals surface area (Å²) < 4.78 is 6.03. The van der Waals surface area contributed by atoms with Crippen LogP contribution in [0.2, 0.25) is 5.02 Å². The molecule has 8 nitrogen and oxygen atoms in total. The number of carboxylic acid groups (broad SMARTS) is 1. The lowest BCUT2D eigenvalue weighted by Gasteiger charge is -2.20. The lowest BCUT2D eigenvalue weighted by atomic mass is 9.86. The number of ether oxygens (including phenoxy) is 1. The molecule has 49 heavy (non-hydrogen) atoms. The quantitative estimate of drug-likeness (QED) is 0.129. The Kier molecular flexibility index (Phi) is 11.3. The molecule has 0 fully saturated rings. The van der Waals surface area contributed by atoms with E-state index in [4.69, 9.17) is 21.3 Å². The van der Waals surface area contributed by atoms with Gasteiger partial charge >= 0.3 is 5.97 Å². The van der Waals surface area contributed by atoms with Crippen LogP contribution in [0.25, 0.3) is 0 Å². The molecule has 0 bridgehead atoms. The highest BCUT2D eigenvalue weighted by Gasteiger charge is 2.20. The molecule has 1 amide bonds. The van der Waals surface area contributed by atoms with E-state index in [0.29, 0.717) is 47.4 Å². The lowest BCUT2D eigenvalue weighted by molar-refractivity contribution is 0.0696. The first kappa shape index (κ1) is 35.1. The van der Waals surface area contributed by atoms with E-state index in [1.165, 1.54) is 29.3 Å². The maximum absolute atomic E-state index is 13.9. The minimum Gasteiger partial charge on any atom is -0.487 e. The second-order valence-electron chi connectivity index (χ2n) is 13.0. The summed E-state index contributed by atoms with van der Waals surface area (Å²) in [5.74, 6) is -0.756. The number of aryl methyl sites for hydroxylation is 2. The molecule has 0 aliphatic carbocycles. The number of hydrogen-bond acceptors (Lipinski definition) is 6. The van der Waals surface area contributed by atoms with Crippen LogP contribution < -0.4 is 15.0 Å². The summed E-state index contributed by atoms with van der Waals surface area (Å²) in [6.45, 7) is 7.41. The third-order valence-corrected chi connectivity index (χ3v) is 8.48. The van der Waals surface area contributed by atoms with Gasteiger partial charge in [-0.2, -0.15) is 0 Å². The molecule has 0 saturated heterocycles. The van der Waals surface area contributed by atoms with Gasteiger partial charge in [0.05, 0.1) is 22.5 Å². The minimum absolute atomic E-state index is 0.0102. The zero-order chi connectivity index (χ0) is 35.0. The molecule has 9 heteroatoms. The van der Waals surface area contributed by atoms with Crippen molar-refractivity contribution in [2.24, 2.45) is 0 Å². The topological polar surface area (TPSA) is 105 Å². The molecule has 0 unspecified atom stereocenters. The maximum Gasteiger partial charge on any atom is 0.335 e. The van der Waals surface area contributed by atoms with E-state index < -0.39 is 11.9 Å². The predicted octanol–water partition coefficient (Wildman–Crippen LogP) is 8.42. The van der Waals surface area contributed by atoms with Crippen molar-refractivity contribution in [2.75, 3.05) is 23.8 Å². The van der Waals surface area contributed by atoms with Gasteiger partial charge in [0.2, 0.25) is 5.95 Å². The Hall–Kier alpha value is -5.21. The summed E-state index contributed by atoms with van der Waals surface area (Å²) in [6.07, 6.45) is 3.52. The lowest BCUT2D eigenvalue weighted by Crippen LogP contribution is -2.25. The van der Waals surface area contributed by atoms with Crippen molar-refractivity contribution in [2.45, 2.75) is 52.1 Å². The van der Waals surface area contributed by atoms with Crippen LogP contribution in [0.3, 0.4) is 0 Å². The zero-order valence-electron chi connectivity index (χ0n) is 28.2. The first-order valence-electron chi connectivity index (χ1n) is 16.2. The zero-order valence-corrected chi connectivity index (χ0v) is 29.0. The molecule has 0 aliphatic heterocycles. The van der Waals surface area contributed by atoms with Crippen molar-refractivity contribution in [3.05, 3.63) is 147 Å². The normalized spacial score (nSPS) is 11.2. The number of carboxylic acids is 1. The summed E-state index contributed by atoms with van der Waals surface area (Å²) in [4.78, 5) is 37.2. The van der Waals surface area contributed by atoms with Crippen molar-refractivity contribution in [3.63, 3.8) is 0 Å². The molecule has 1 aromatic heterocycles.